The lowest BCUT2D eigenvalue weighted by atomic mass is 9.77. The van der Waals surface area contributed by atoms with Gasteiger partial charge in [0, 0.05) is 54.7 Å². The zero-order chi connectivity index (χ0) is 24.0. The third kappa shape index (κ3) is 4.03. The Balaban J connectivity index is 1.10. The van der Waals surface area contributed by atoms with Crippen molar-refractivity contribution in [1.29, 1.82) is 0 Å². The standard InChI is InChI=1S/C29H34N4O2/c1-29(11-15-32(16-12-29)27(34)22-6-3-2-4-7-22)28(35)33-23-9-10-24(33)19-21(18-23)20-25-26-8-5-14-31(26)17-13-30-25/h2-8,13-14,17,21,23-24H,9-12,15-16,18-20H2,1H3. The second-order valence-electron chi connectivity index (χ2n) is 11.0. The number of nitrogens with zero attached hydrogens (tertiary/aromatic N) is 4. The third-order valence-electron chi connectivity index (χ3n) is 8.77. The summed E-state index contributed by atoms with van der Waals surface area (Å²) in [6, 6.07) is 14.4. The molecule has 0 saturated carbocycles. The molecule has 0 spiro atoms. The highest BCUT2D eigenvalue weighted by molar-refractivity contribution is 5.94. The Labute approximate surface area is 206 Å². The van der Waals surface area contributed by atoms with Gasteiger partial charge in [0.1, 0.15) is 0 Å². The molecule has 0 radical (unpaired) electrons. The van der Waals surface area contributed by atoms with Gasteiger partial charge in [-0.15, -0.1) is 0 Å². The van der Waals surface area contributed by atoms with Gasteiger partial charge in [-0.25, -0.2) is 0 Å². The van der Waals surface area contributed by atoms with Crippen LogP contribution in [-0.2, 0) is 11.2 Å². The predicted molar refractivity (Wildman–Crippen MR) is 135 cm³/mol. The quantitative estimate of drug-likeness (QED) is 0.560. The van der Waals surface area contributed by atoms with Crippen LogP contribution in [0.2, 0.25) is 0 Å². The zero-order valence-electron chi connectivity index (χ0n) is 20.5. The van der Waals surface area contributed by atoms with Gasteiger partial charge in [0.25, 0.3) is 5.91 Å². The van der Waals surface area contributed by atoms with Gasteiger partial charge in [0.15, 0.2) is 0 Å². The molecule has 3 aliphatic rings. The fraction of sp³-hybridized carbons (Fsp3) is 0.483. The molecule has 3 aliphatic heterocycles. The van der Waals surface area contributed by atoms with E-state index in [2.05, 4.69) is 34.6 Å². The van der Waals surface area contributed by atoms with Gasteiger partial charge >= 0.3 is 0 Å². The maximum Gasteiger partial charge on any atom is 0.253 e. The number of benzene rings is 1. The van der Waals surface area contributed by atoms with Gasteiger partial charge < -0.3 is 14.2 Å². The minimum Gasteiger partial charge on any atom is -0.339 e. The van der Waals surface area contributed by atoms with E-state index in [0.29, 0.717) is 37.0 Å². The summed E-state index contributed by atoms with van der Waals surface area (Å²) >= 11 is 0. The van der Waals surface area contributed by atoms with Crippen molar-refractivity contribution in [1.82, 2.24) is 19.2 Å². The van der Waals surface area contributed by atoms with Gasteiger partial charge in [-0.2, -0.15) is 0 Å². The fourth-order valence-corrected chi connectivity index (χ4v) is 6.74. The molecule has 1 aromatic carbocycles. The second-order valence-corrected chi connectivity index (χ2v) is 11.0. The number of amides is 2. The molecule has 6 nitrogen and oxygen atoms in total. The molecule has 2 unspecified atom stereocenters. The van der Waals surface area contributed by atoms with E-state index in [1.54, 1.807) is 0 Å². The fourth-order valence-electron chi connectivity index (χ4n) is 6.74. The molecule has 6 heteroatoms. The van der Waals surface area contributed by atoms with Crippen molar-refractivity contribution < 1.29 is 9.59 Å². The van der Waals surface area contributed by atoms with Gasteiger partial charge in [-0.05, 0) is 75.1 Å². The number of carbonyl (C=O) groups is 2. The summed E-state index contributed by atoms with van der Waals surface area (Å²) in [5.74, 6) is 0.970. The van der Waals surface area contributed by atoms with Gasteiger partial charge in [-0.1, -0.05) is 25.1 Å². The van der Waals surface area contributed by atoms with E-state index in [4.69, 9.17) is 4.98 Å². The van der Waals surface area contributed by atoms with E-state index in [1.807, 2.05) is 47.6 Å². The molecular formula is C29H34N4O2. The van der Waals surface area contributed by atoms with E-state index in [9.17, 15) is 9.59 Å². The minimum atomic E-state index is -0.375. The Morgan fingerprint density at radius 1 is 0.971 bits per heavy atom. The Kier molecular flexibility index (Phi) is 5.62. The largest absolute Gasteiger partial charge is 0.339 e. The smallest absolute Gasteiger partial charge is 0.253 e. The van der Waals surface area contributed by atoms with Crippen molar-refractivity contribution in [2.75, 3.05) is 13.1 Å². The van der Waals surface area contributed by atoms with E-state index in [1.165, 1.54) is 11.2 Å². The van der Waals surface area contributed by atoms with Crippen LogP contribution in [-0.4, -0.2) is 56.2 Å². The van der Waals surface area contributed by atoms with Crippen LogP contribution in [0.5, 0.6) is 0 Å². The van der Waals surface area contributed by atoms with Crippen LogP contribution < -0.4 is 0 Å². The molecule has 2 amide bonds. The summed E-state index contributed by atoms with van der Waals surface area (Å²) in [7, 11) is 0. The van der Waals surface area contributed by atoms with Gasteiger partial charge in [0.05, 0.1) is 11.2 Å². The lowest BCUT2D eigenvalue weighted by Gasteiger charge is -2.46. The number of carbonyl (C=O) groups excluding carboxylic acids is 2. The molecule has 3 saturated heterocycles. The van der Waals surface area contributed by atoms with Crippen LogP contribution in [0.1, 0.15) is 61.5 Å². The first-order valence-corrected chi connectivity index (χ1v) is 13.1. The molecule has 182 valence electrons. The first-order chi connectivity index (χ1) is 17.0. The Bertz CT molecular complexity index is 1210. The topological polar surface area (TPSA) is 57.9 Å². The number of rotatable bonds is 4. The highest BCUT2D eigenvalue weighted by Gasteiger charge is 2.49. The molecule has 35 heavy (non-hydrogen) atoms. The van der Waals surface area contributed by atoms with Gasteiger partial charge in [-0.3, -0.25) is 14.6 Å². The second kappa shape index (κ2) is 8.81. The number of hydrogen-bond donors (Lipinski definition) is 0. The Hall–Kier alpha value is -3.15. The summed E-state index contributed by atoms with van der Waals surface area (Å²) in [5, 5.41) is 0. The molecular weight excluding hydrogens is 436 g/mol. The minimum absolute atomic E-state index is 0.0765. The first-order valence-electron chi connectivity index (χ1n) is 13.1. The van der Waals surface area contributed by atoms with Crippen molar-refractivity contribution in [3.8, 4) is 0 Å². The highest BCUT2D eigenvalue weighted by Crippen LogP contribution is 2.44. The molecule has 0 aliphatic carbocycles. The first kappa shape index (κ1) is 22.3. The molecule has 0 N–H and O–H groups in total. The van der Waals surface area contributed by atoms with Crippen LogP contribution in [0.4, 0.5) is 0 Å². The monoisotopic (exact) mass is 470 g/mol. The van der Waals surface area contributed by atoms with Gasteiger partial charge in [0.2, 0.25) is 5.91 Å². The Morgan fingerprint density at radius 2 is 1.69 bits per heavy atom. The number of hydrogen-bond acceptors (Lipinski definition) is 3. The molecule has 2 atom stereocenters. The molecule has 6 rings (SSSR count). The summed E-state index contributed by atoms with van der Waals surface area (Å²) in [6.07, 6.45) is 12.8. The summed E-state index contributed by atoms with van der Waals surface area (Å²) in [6.45, 7) is 3.42. The maximum atomic E-state index is 13.9. The zero-order valence-corrected chi connectivity index (χ0v) is 20.5. The molecule has 3 aromatic rings. The van der Waals surface area contributed by atoms with Crippen LogP contribution in [0.25, 0.3) is 5.52 Å². The van der Waals surface area contributed by atoms with Crippen LogP contribution in [0.3, 0.4) is 0 Å². The normalized spacial score (nSPS) is 25.7. The molecule has 3 fully saturated rings. The van der Waals surface area contributed by atoms with E-state index in [0.717, 1.165) is 50.5 Å². The molecule has 2 bridgehead atoms. The number of likely N-dealkylation sites (tertiary alicyclic amines) is 1. The molecule has 2 aromatic heterocycles. The summed E-state index contributed by atoms with van der Waals surface area (Å²) in [4.78, 5) is 35.6. The molecule has 5 heterocycles. The highest BCUT2D eigenvalue weighted by atomic mass is 16.2. The van der Waals surface area contributed by atoms with E-state index in [-0.39, 0.29) is 11.3 Å². The van der Waals surface area contributed by atoms with Crippen molar-refractivity contribution in [2.45, 2.75) is 64.0 Å². The van der Waals surface area contributed by atoms with Crippen LogP contribution in [0, 0.1) is 11.3 Å². The Morgan fingerprint density at radius 3 is 2.40 bits per heavy atom. The number of aromatic nitrogens is 2. The van der Waals surface area contributed by atoms with Crippen molar-refractivity contribution in [2.24, 2.45) is 11.3 Å². The maximum absolute atomic E-state index is 13.9. The predicted octanol–water partition coefficient (Wildman–Crippen LogP) is 4.59. The summed E-state index contributed by atoms with van der Waals surface area (Å²) in [5.41, 5.74) is 2.72. The third-order valence-corrected chi connectivity index (χ3v) is 8.77. The SMILES string of the molecule is CC1(C(=O)N2C3CCC2CC(Cc2nccn4cccc24)C3)CCN(C(=O)c2ccccc2)CC1. The van der Waals surface area contributed by atoms with Crippen LogP contribution in [0.15, 0.2) is 61.1 Å². The number of piperidine rings is 2. The lowest BCUT2D eigenvalue weighted by Crippen LogP contribution is -2.55. The average Bonchev–Trinajstić information content (AvgIpc) is 3.47. The average molecular weight is 471 g/mol. The lowest BCUT2D eigenvalue weighted by molar-refractivity contribution is -0.149. The van der Waals surface area contributed by atoms with Crippen molar-refractivity contribution in [3.63, 3.8) is 0 Å². The summed E-state index contributed by atoms with van der Waals surface area (Å²) < 4.78 is 2.14. The van der Waals surface area contributed by atoms with Crippen LogP contribution >= 0.6 is 0 Å². The van der Waals surface area contributed by atoms with E-state index >= 15 is 0 Å². The number of fused-ring (bicyclic) bond motifs is 3. The van der Waals surface area contributed by atoms with E-state index < -0.39 is 0 Å². The van der Waals surface area contributed by atoms with Crippen molar-refractivity contribution in [3.05, 3.63) is 72.3 Å². The van der Waals surface area contributed by atoms with Crippen molar-refractivity contribution >= 4 is 17.3 Å².